The predicted molar refractivity (Wildman–Crippen MR) is 71.3 cm³/mol. The molecular weight excluding hydrogens is 314 g/mol. The third-order valence-corrected chi connectivity index (χ3v) is 2.67. The van der Waals surface area contributed by atoms with Gasteiger partial charge in [0.2, 0.25) is 5.91 Å². The van der Waals surface area contributed by atoms with Gasteiger partial charge < -0.3 is 11.1 Å². The molecule has 0 aliphatic rings. The van der Waals surface area contributed by atoms with Gasteiger partial charge in [-0.3, -0.25) is 14.3 Å². The molecule has 0 radical (unpaired) electrons. The van der Waals surface area contributed by atoms with Crippen molar-refractivity contribution in [2.75, 3.05) is 5.32 Å². The van der Waals surface area contributed by atoms with E-state index in [-0.39, 0.29) is 12.5 Å². The Hall–Kier alpha value is -2.22. The van der Waals surface area contributed by atoms with Crippen LogP contribution in [-0.2, 0) is 11.3 Å². The van der Waals surface area contributed by atoms with E-state index in [2.05, 4.69) is 31.3 Å². The third kappa shape index (κ3) is 3.62. The number of anilines is 1. The van der Waals surface area contributed by atoms with Crippen LogP contribution in [0.3, 0.4) is 0 Å². The molecule has 3 N–H and O–H groups in total. The second kappa shape index (κ2) is 5.61. The second-order valence-corrected chi connectivity index (χ2v) is 4.53. The first-order chi connectivity index (χ1) is 9.04. The Labute approximate surface area is 116 Å². The van der Waals surface area contributed by atoms with Crippen molar-refractivity contribution in [3.05, 3.63) is 40.9 Å². The van der Waals surface area contributed by atoms with Crippen molar-refractivity contribution in [2.24, 2.45) is 5.73 Å². The zero-order valence-electron chi connectivity index (χ0n) is 9.71. The number of primary amides is 1. The van der Waals surface area contributed by atoms with Crippen LogP contribution in [0.2, 0.25) is 0 Å². The molecule has 2 aromatic heterocycles. The van der Waals surface area contributed by atoms with Crippen LogP contribution in [0.15, 0.2) is 35.3 Å². The minimum Gasteiger partial charge on any atom is -0.368 e. The summed E-state index contributed by atoms with van der Waals surface area (Å²) in [6.45, 7) is -0.0320. The largest absolute Gasteiger partial charge is 0.368 e. The summed E-state index contributed by atoms with van der Waals surface area (Å²) in [5.74, 6) is -0.809. The molecule has 0 atom stereocenters. The molecule has 0 saturated carbocycles. The van der Waals surface area contributed by atoms with Crippen LogP contribution in [0, 0.1) is 0 Å². The molecule has 2 rings (SSSR count). The fourth-order valence-electron chi connectivity index (χ4n) is 1.39. The van der Waals surface area contributed by atoms with Crippen LogP contribution >= 0.6 is 15.9 Å². The number of rotatable bonds is 4. The van der Waals surface area contributed by atoms with Gasteiger partial charge in [0.05, 0.1) is 17.4 Å². The number of nitrogens with two attached hydrogens (primary N) is 1. The zero-order valence-corrected chi connectivity index (χ0v) is 11.3. The quantitative estimate of drug-likeness (QED) is 0.811. The van der Waals surface area contributed by atoms with E-state index < -0.39 is 5.91 Å². The van der Waals surface area contributed by atoms with E-state index in [4.69, 9.17) is 5.73 Å². The number of nitrogens with one attached hydrogen (secondary N) is 1. The minimum absolute atomic E-state index is 0.0320. The van der Waals surface area contributed by atoms with E-state index in [0.717, 1.165) is 0 Å². The van der Waals surface area contributed by atoms with Gasteiger partial charge in [-0.05, 0) is 28.1 Å². The second-order valence-electron chi connectivity index (χ2n) is 3.72. The molecule has 8 heteroatoms. The molecule has 0 aliphatic heterocycles. The molecule has 0 aromatic carbocycles. The van der Waals surface area contributed by atoms with Crippen molar-refractivity contribution in [2.45, 2.75) is 6.54 Å². The highest BCUT2D eigenvalue weighted by Gasteiger charge is 2.08. The summed E-state index contributed by atoms with van der Waals surface area (Å²) in [4.78, 5) is 26.5. The number of amides is 2. The van der Waals surface area contributed by atoms with Gasteiger partial charge in [0.15, 0.2) is 0 Å². The summed E-state index contributed by atoms with van der Waals surface area (Å²) in [7, 11) is 0. The molecule has 0 fully saturated rings. The van der Waals surface area contributed by atoms with E-state index in [1.54, 1.807) is 12.1 Å². The topological polar surface area (TPSA) is 103 Å². The van der Waals surface area contributed by atoms with E-state index in [1.165, 1.54) is 23.3 Å². The fraction of sp³-hybridized carbons (Fsp3) is 0.0909. The summed E-state index contributed by atoms with van der Waals surface area (Å²) < 4.78 is 2.00. The zero-order chi connectivity index (χ0) is 13.8. The summed E-state index contributed by atoms with van der Waals surface area (Å²) in [5, 5.41) is 6.54. The standard InChI is InChI=1S/C11H10BrN5O2/c12-9-2-1-7(3-14-9)11(19)16-8-4-15-17(5-8)6-10(13)18/h1-5H,6H2,(H2,13,18)(H,16,19). The van der Waals surface area contributed by atoms with Crippen LogP contribution in [0.1, 0.15) is 10.4 Å². The number of aromatic nitrogens is 3. The number of carbonyl (C=O) groups is 2. The molecule has 98 valence electrons. The minimum atomic E-state index is -0.502. The lowest BCUT2D eigenvalue weighted by Crippen LogP contribution is -2.18. The first-order valence-electron chi connectivity index (χ1n) is 5.28. The molecule has 2 heterocycles. The molecule has 0 bridgehead atoms. The number of hydrogen-bond donors (Lipinski definition) is 2. The lowest BCUT2D eigenvalue weighted by atomic mass is 10.2. The summed E-state index contributed by atoms with van der Waals surface area (Å²) in [6, 6.07) is 3.31. The average Bonchev–Trinajstić information content (AvgIpc) is 2.76. The van der Waals surface area contributed by atoms with E-state index in [1.807, 2.05) is 0 Å². The predicted octanol–water partition coefficient (Wildman–Crippen LogP) is 0.778. The maximum Gasteiger partial charge on any atom is 0.257 e. The van der Waals surface area contributed by atoms with Gasteiger partial charge in [-0.15, -0.1) is 0 Å². The number of nitrogens with zero attached hydrogens (tertiary/aromatic N) is 3. The molecule has 7 nitrogen and oxygen atoms in total. The van der Waals surface area contributed by atoms with Crippen molar-refractivity contribution in [3.8, 4) is 0 Å². The van der Waals surface area contributed by atoms with Gasteiger partial charge in [0.1, 0.15) is 11.1 Å². The third-order valence-electron chi connectivity index (χ3n) is 2.20. The van der Waals surface area contributed by atoms with Gasteiger partial charge in [-0.1, -0.05) is 0 Å². The Bertz CT molecular complexity index is 608. The monoisotopic (exact) mass is 323 g/mol. The summed E-state index contributed by atoms with van der Waals surface area (Å²) >= 11 is 3.19. The molecule has 0 spiro atoms. The maximum absolute atomic E-state index is 11.9. The Balaban J connectivity index is 2.04. The Kier molecular flexibility index (Phi) is 3.91. The number of pyridine rings is 1. The van der Waals surface area contributed by atoms with Crippen LogP contribution in [0.25, 0.3) is 0 Å². The lowest BCUT2D eigenvalue weighted by molar-refractivity contribution is -0.118. The Morgan fingerprint density at radius 3 is 2.79 bits per heavy atom. The van der Waals surface area contributed by atoms with Gasteiger partial charge in [0.25, 0.3) is 5.91 Å². The smallest absolute Gasteiger partial charge is 0.257 e. The van der Waals surface area contributed by atoms with Crippen molar-refractivity contribution in [3.63, 3.8) is 0 Å². The van der Waals surface area contributed by atoms with Crippen LogP contribution in [-0.4, -0.2) is 26.6 Å². The number of carbonyl (C=O) groups excluding carboxylic acids is 2. The first-order valence-corrected chi connectivity index (χ1v) is 6.07. The van der Waals surface area contributed by atoms with Crippen molar-refractivity contribution < 1.29 is 9.59 Å². The molecule has 2 aromatic rings. The highest BCUT2D eigenvalue weighted by molar-refractivity contribution is 9.10. The Morgan fingerprint density at radius 1 is 1.37 bits per heavy atom. The van der Waals surface area contributed by atoms with Crippen LogP contribution in [0.5, 0.6) is 0 Å². The highest BCUT2D eigenvalue weighted by Crippen LogP contribution is 2.10. The van der Waals surface area contributed by atoms with Gasteiger partial charge >= 0.3 is 0 Å². The summed E-state index contributed by atoms with van der Waals surface area (Å²) in [5.41, 5.74) is 5.94. The van der Waals surface area contributed by atoms with Crippen molar-refractivity contribution in [1.82, 2.24) is 14.8 Å². The molecule has 19 heavy (non-hydrogen) atoms. The van der Waals surface area contributed by atoms with Crippen LogP contribution < -0.4 is 11.1 Å². The average molecular weight is 324 g/mol. The normalized spacial score (nSPS) is 10.2. The van der Waals surface area contributed by atoms with Gasteiger partial charge in [-0.2, -0.15) is 5.10 Å². The first kappa shape index (κ1) is 13.2. The Morgan fingerprint density at radius 2 is 2.16 bits per heavy atom. The van der Waals surface area contributed by atoms with Crippen molar-refractivity contribution in [1.29, 1.82) is 0 Å². The number of halogens is 1. The molecule has 0 aliphatic carbocycles. The maximum atomic E-state index is 11.9. The molecular formula is C11H10BrN5O2. The van der Waals surface area contributed by atoms with E-state index in [9.17, 15) is 9.59 Å². The van der Waals surface area contributed by atoms with Gasteiger partial charge in [-0.25, -0.2) is 4.98 Å². The molecule has 2 amide bonds. The SMILES string of the molecule is NC(=O)Cn1cc(NC(=O)c2ccc(Br)nc2)cn1. The van der Waals surface area contributed by atoms with E-state index in [0.29, 0.717) is 15.9 Å². The molecule has 0 unspecified atom stereocenters. The lowest BCUT2D eigenvalue weighted by Gasteiger charge is -2.01. The summed E-state index contributed by atoms with van der Waals surface area (Å²) in [6.07, 6.45) is 4.41. The van der Waals surface area contributed by atoms with Crippen molar-refractivity contribution >= 4 is 33.4 Å². The van der Waals surface area contributed by atoms with E-state index >= 15 is 0 Å². The van der Waals surface area contributed by atoms with Crippen LogP contribution in [0.4, 0.5) is 5.69 Å². The molecule has 0 saturated heterocycles. The fourth-order valence-corrected chi connectivity index (χ4v) is 1.62. The van der Waals surface area contributed by atoms with Gasteiger partial charge in [0, 0.05) is 12.4 Å². The highest BCUT2D eigenvalue weighted by atomic mass is 79.9. The number of hydrogen-bond acceptors (Lipinski definition) is 4.